The van der Waals surface area contributed by atoms with E-state index < -0.39 is 0 Å². The van der Waals surface area contributed by atoms with Crippen LogP contribution in [0.4, 0.5) is 11.8 Å². The molecule has 1 saturated carbocycles. The molecule has 1 aromatic carbocycles. The molecule has 8 heteroatoms. The molecule has 5 rings (SSSR count). The van der Waals surface area contributed by atoms with E-state index in [1.165, 1.54) is 12.8 Å². The van der Waals surface area contributed by atoms with Gasteiger partial charge in [0.05, 0.1) is 31.5 Å². The fourth-order valence-corrected chi connectivity index (χ4v) is 4.44. The summed E-state index contributed by atoms with van der Waals surface area (Å²) in [4.78, 5) is 14.2. The number of aliphatic hydroxyl groups excluding tert-OH is 1. The Balaban J connectivity index is 1.41. The fraction of sp³-hybridized carbons (Fsp3) is 0.400. The summed E-state index contributed by atoms with van der Waals surface area (Å²) in [7, 11) is 0. The van der Waals surface area contributed by atoms with Crippen molar-refractivity contribution < 1.29 is 9.52 Å². The smallest absolute Gasteiger partial charge is 0.227 e. The van der Waals surface area contributed by atoms with E-state index in [9.17, 15) is 5.11 Å². The molecule has 1 atom stereocenters. The minimum absolute atomic E-state index is 0.0333. The van der Waals surface area contributed by atoms with Crippen molar-refractivity contribution in [2.75, 3.05) is 17.2 Å². The van der Waals surface area contributed by atoms with E-state index >= 15 is 0 Å². The average molecular weight is 447 g/mol. The summed E-state index contributed by atoms with van der Waals surface area (Å²) in [5.41, 5.74) is 4.94. The van der Waals surface area contributed by atoms with Crippen LogP contribution in [0.1, 0.15) is 50.6 Å². The van der Waals surface area contributed by atoms with E-state index in [0.717, 1.165) is 47.1 Å². The molecule has 0 bridgehead atoms. The van der Waals surface area contributed by atoms with E-state index in [0.29, 0.717) is 24.4 Å². The molecule has 1 fully saturated rings. The van der Waals surface area contributed by atoms with Gasteiger partial charge in [0, 0.05) is 18.2 Å². The second-order valence-corrected chi connectivity index (χ2v) is 8.65. The van der Waals surface area contributed by atoms with Gasteiger partial charge in [-0.15, -0.1) is 0 Å². The maximum atomic E-state index is 9.64. The number of benzene rings is 1. The third-order valence-corrected chi connectivity index (χ3v) is 6.45. The number of furan rings is 1. The SMILES string of the molecule is CCC(CO)Nc1nc(NCc2ccc(-c3ccoc3)cc2)c2ncn(C3CCCC3)c2n1. The first-order valence-electron chi connectivity index (χ1n) is 11.7. The highest BCUT2D eigenvalue weighted by Crippen LogP contribution is 2.33. The molecule has 172 valence electrons. The Hall–Kier alpha value is -3.39. The lowest BCUT2D eigenvalue weighted by molar-refractivity contribution is 0.271. The number of hydrogen-bond acceptors (Lipinski definition) is 7. The molecule has 0 aliphatic heterocycles. The Labute approximate surface area is 193 Å². The lowest BCUT2D eigenvalue weighted by Gasteiger charge is -2.17. The van der Waals surface area contributed by atoms with Crippen molar-refractivity contribution in [2.45, 2.75) is 57.7 Å². The van der Waals surface area contributed by atoms with Gasteiger partial charge in [-0.05, 0) is 36.5 Å². The summed E-state index contributed by atoms with van der Waals surface area (Å²) in [5, 5.41) is 16.4. The van der Waals surface area contributed by atoms with Crippen LogP contribution in [0, 0.1) is 0 Å². The van der Waals surface area contributed by atoms with Gasteiger partial charge in [-0.2, -0.15) is 9.97 Å². The molecule has 4 aromatic rings. The van der Waals surface area contributed by atoms with Gasteiger partial charge in [0.1, 0.15) is 0 Å². The molecular weight excluding hydrogens is 416 g/mol. The minimum atomic E-state index is -0.0892. The Morgan fingerprint density at radius 3 is 2.64 bits per heavy atom. The van der Waals surface area contributed by atoms with Crippen molar-refractivity contribution in [1.29, 1.82) is 0 Å². The number of anilines is 2. The van der Waals surface area contributed by atoms with Gasteiger partial charge in [0.15, 0.2) is 17.0 Å². The number of nitrogens with zero attached hydrogens (tertiary/aromatic N) is 4. The first-order chi connectivity index (χ1) is 16.2. The molecular formula is C25H30N6O2. The molecule has 0 radical (unpaired) electrons. The van der Waals surface area contributed by atoms with Crippen molar-refractivity contribution >= 4 is 22.9 Å². The van der Waals surface area contributed by atoms with Gasteiger partial charge < -0.3 is 24.7 Å². The number of aliphatic hydroxyl groups is 1. The van der Waals surface area contributed by atoms with Gasteiger partial charge in [-0.3, -0.25) is 0 Å². The number of imidazole rings is 1. The molecule has 3 N–H and O–H groups in total. The summed E-state index contributed by atoms with van der Waals surface area (Å²) in [6, 6.07) is 10.7. The Bertz CT molecular complexity index is 1180. The lowest BCUT2D eigenvalue weighted by Crippen LogP contribution is -2.24. The van der Waals surface area contributed by atoms with Crippen LogP contribution >= 0.6 is 0 Å². The van der Waals surface area contributed by atoms with Crippen molar-refractivity contribution in [3.63, 3.8) is 0 Å². The summed E-state index contributed by atoms with van der Waals surface area (Å²) < 4.78 is 7.38. The molecule has 1 aliphatic rings. The largest absolute Gasteiger partial charge is 0.472 e. The van der Waals surface area contributed by atoms with Gasteiger partial charge >= 0.3 is 0 Å². The normalized spacial score (nSPS) is 15.2. The number of nitrogens with one attached hydrogen (secondary N) is 2. The molecule has 1 unspecified atom stereocenters. The number of aromatic nitrogens is 4. The number of rotatable bonds is 9. The third-order valence-electron chi connectivity index (χ3n) is 6.45. The summed E-state index contributed by atoms with van der Waals surface area (Å²) in [6.07, 6.45) is 10.9. The van der Waals surface area contributed by atoms with E-state index in [-0.39, 0.29) is 12.6 Å². The van der Waals surface area contributed by atoms with Crippen LogP contribution in [-0.4, -0.2) is 37.3 Å². The average Bonchev–Trinajstić information content (AvgIpc) is 3.62. The molecule has 3 heterocycles. The van der Waals surface area contributed by atoms with Gasteiger partial charge in [0.2, 0.25) is 5.95 Å². The van der Waals surface area contributed by atoms with Crippen LogP contribution in [0.3, 0.4) is 0 Å². The van der Waals surface area contributed by atoms with E-state index in [4.69, 9.17) is 14.4 Å². The zero-order valence-electron chi connectivity index (χ0n) is 18.9. The Morgan fingerprint density at radius 1 is 1.12 bits per heavy atom. The van der Waals surface area contributed by atoms with Crippen LogP contribution < -0.4 is 10.6 Å². The van der Waals surface area contributed by atoms with E-state index in [2.05, 4.69) is 44.5 Å². The molecule has 3 aromatic heterocycles. The topological polar surface area (TPSA) is 101 Å². The van der Waals surface area contributed by atoms with Crippen molar-refractivity contribution in [1.82, 2.24) is 19.5 Å². The molecule has 0 amide bonds. The predicted molar refractivity (Wildman–Crippen MR) is 129 cm³/mol. The number of fused-ring (bicyclic) bond motifs is 1. The summed E-state index contributed by atoms with van der Waals surface area (Å²) >= 11 is 0. The summed E-state index contributed by atoms with van der Waals surface area (Å²) in [6.45, 7) is 2.68. The van der Waals surface area contributed by atoms with E-state index in [1.807, 2.05) is 19.3 Å². The van der Waals surface area contributed by atoms with Crippen LogP contribution in [-0.2, 0) is 6.54 Å². The van der Waals surface area contributed by atoms with Gasteiger partial charge in [0.25, 0.3) is 0 Å². The predicted octanol–water partition coefficient (Wildman–Crippen LogP) is 5.00. The minimum Gasteiger partial charge on any atom is -0.472 e. The quantitative estimate of drug-likeness (QED) is 0.333. The third kappa shape index (κ3) is 4.57. The Kier molecular flexibility index (Phi) is 6.26. The fourth-order valence-electron chi connectivity index (χ4n) is 4.44. The molecule has 8 nitrogen and oxygen atoms in total. The molecule has 33 heavy (non-hydrogen) atoms. The maximum Gasteiger partial charge on any atom is 0.227 e. The van der Waals surface area contributed by atoms with E-state index in [1.54, 1.807) is 12.5 Å². The zero-order chi connectivity index (χ0) is 22.6. The molecule has 0 saturated heterocycles. The Morgan fingerprint density at radius 2 is 1.94 bits per heavy atom. The van der Waals surface area contributed by atoms with Crippen LogP contribution in [0.15, 0.2) is 53.6 Å². The van der Waals surface area contributed by atoms with Crippen molar-refractivity contribution in [3.05, 3.63) is 54.7 Å². The van der Waals surface area contributed by atoms with Gasteiger partial charge in [-0.25, -0.2) is 4.98 Å². The first kappa shape index (κ1) is 21.5. The standard InChI is InChI=1S/C25H30N6O2/c1-2-20(14-32)28-25-29-23(22-24(30-25)31(16-27-22)21-5-3-4-6-21)26-13-17-7-9-18(10-8-17)19-11-12-33-15-19/h7-12,15-16,20-21,32H,2-6,13-14H2,1H3,(H2,26,28,29,30). The van der Waals surface area contributed by atoms with Crippen LogP contribution in [0.2, 0.25) is 0 Å². The monoisotopic (exact) mass is 446 g/mol. The zero-order valence-corrected chi connectivity index (χ0v) is 18.9. The first-order valence-corrected chi connectivity index (χ1v) is 11.7. The van der Waals surface area contributed by atoms with Crippen molar-refractivity contribution in [3.8, 4) is 11.1 Å². The van der Waals surface area contributed by atoms with Crippen LogP contribution in [0.25, 0.3) is 22.3 Å². The van der Waals surface area contributed by atoms with Gasteiger partial charge in [-0.1, -0.05) is 44.0 Å². The highest BCUT2D eigenvalue weighted by atomic mass is 16.3. The van der Waals surface area contributed by atoms with Crippen molar-refractivity contribution in [2.24, 2.45) is 0 Å². The van der Waals surface area contributed by atoms with Crippen LogP contribution in [0.5, 0.6) is 0 Å². The second kappa shape index (κ2) is 9.62. The number of hydrogen-bond donors (Lipinski definition) is 3. The summed E-state index contributed by atoms with van der Waals surface area (Å²) in [5.74, 6) is 1.21. The highest BCUT2D eigenvalue weighted by molar-refractivity contribution is 5.84. The molecule has 0 spiro atoms. The maximum absolute atomic E-state index is 9.64. The molecule has 1 aliphatic carbocycles. The highest BCUT2D eigenvalue weighted by Gasteiger charge is 2.22. The second-order valence-electron chi connectivity index (χ2n) is 8.65. The lowest BCUT2D eigenvalue weighted by atomic mass is 10.1.